The molecular weight excluding hydrogens is 383 g/mol. The van der Waals surface area contributed by atoms with Crippen LogP contribution in [0.25, 0.3) is 5.57 Å². The number of carbonyl (C=O) groups excluding carboxylic acids is 2. The lowest BCUT2D eigenvalue weighted by atomic mass is 9.97. The summed E-state index contributed by atoms with van der Waals surface area (Å²) in [7, 11) is 0. The molecule has 30 heavy (non-hydrogen) atoms. The number of anilines is 1. The zero-order valence-corrected chi connectivity index (χ0v) is 17.8. The first-order chi connectivity index (χ1) is 14.3. The predicted octanol–water partition coefficient (Wildman–Crippen LogP) is 4.45. The van der Waals surface area contributed by atoms with Crippen LogP contribution in [0.3, 0.4) is 0 Å². The normalized spacial score (nSPS) is 14.3. The molecule has 0 saturated heterocycles. The van der Waals surface area contributed by atoms with Crippen molar-refractivity contribution in [3.8, 4) is 0 Å². The van der Waals surface area contributed by atoms with Crippen molar-refractivity contribution in [2.24, 2.45) is 0 Å². The first-order valence-corrected chi connectivity index (χ1v) is 10.1. The van der Waals surface area contributed by atoms with E-state index in [2.05, 4.69) is 5.32 Å². The van der Waals surface area contributed by atoms with E-state index in [-0.39, 0.29) is 24.3 Å². The number of imide groups is 1. The summed E-state index contributed by atoms with van der Waals surface area (Å²) in [6.07, 6.45) is 0.632. The topological polar surface area (TPSA) is 58.6 Å². The van der Waals surface area contributed by atoms with Gasteiger partial charge in [0, 0.05) is 18.8 Å². The number of halogens is 1. The van der Waals surface area contributed by atoms with Crippen LogP contribution in [0, 0.1) is 19.7 Å². The Labute approximate surface area is 176 Å². The molecule has 1 N–H and O–H groups in total. The fourth-order valence-electron chi connectivity index (χ4n) is 3.49. The maximum Gasteiger partial charge on any atom is 0.278 e. The van der Waals surface area contributed by atoms with Gasteiger partial charge in [-0.05, 0) is 63.4 Å². The van der Waals surface area contributed by atoms with Gasteiger partial charge in [0.2, 0.25) is 0 Å². The molecule has 2 amide bonds. The molecule has 0 atom stereocenters. The van der Waals surface area contributed by atoms with Gasteiger partial charge in [-0.3, -0.25) is 14.5 Å². The Kier molecular flexibility index (Phi) is 6.67. The minimum absolute atomic E-state index is 0.0871. The Morgan fingerprint density at radius 1 is 1.07 bits per heavy atom. The Hall–Kier alpha value is -2.99. The molecule has 0 bridgehead atoms. The van der Waals surface area contributed by atoms with Crippen molar-refractivity contribution in [2.75, 3.05) is 18.5 Å². The number of hydrogen-bond acceptors (Lipinski definition) is 4. The first kappa shape index (κ1) is 21.7. The van der Waals surface area contributed by atoms with E-state index in [0.29, 0.717) is 29.9 Å². The lowest BCUT2D eigenvalue weighted by molar-refractivity contribution is -0.137. The molecular formula is C24H27FN2O3. The number of ether oxygens (including phenoxy) is 1. The third-order valence-corrected chi connectivity index (χ3v) is 4.89. The zero-order chi connectivity index (χ0) is 21.8. The molecule has 0 radical (unpaired) electrons. The molecule has 6 heteroatoms. The molecule has 158 valence electrons. The van der Waals surface area contributed by atoms with Gasteiger partial charge < -0.3 is 10.1 Å². The minimum Gasteiger partial charge on any atom is -0.379 e. The Morgan fingerprint density at radius 2 is 1.83 bits per heavy atom. The van der Waals surface area contributed by atoms with Crippen LogP contribution in [0.2, 0.25) is 0 Å². The van der Waals surface area contributed by atoms with Crippen molar-refractivity contribution in [1.29, 1.82) is 0 Å². The summed E-state index contributed by atoms with van der Waals surface area (Å²) in [5.74, 6) is -1.19. The monoisotopic (exact) mass is 410 g/mol. The molecule has 0 spiro atoms. The Bertz CT molecular complexity index is 998. The summed E-state index contributed by atoms with van der Waals surface area (Å²) < 4.78 is 19.2. The summed E-state index contributed by atoms with van der Waals surface area (Å²) in [5, 5.41) is 2.99. The second-order valence-electron chi connectivity index (χ2n) is 7.74. The SMILES string of the molecule is Cc1ccc(C2=C(Nc3cccc(F)c3)C(=O)N(CCCOC(C)C)C2=O)c(C)c1. The lowest BCUT2D eigenvalue weighted by Crippen LogP contribution is -2.34. The van der Waals surface area contributed by atoms with Gasteiger partial charge in [-0.25, -0.2) is 4.39 Å². The quantitative estimate of drug-likeness (QED) is 0.516. The standard InChI is InChI=1S/C24H27FN2O3/c1-15(2)30-12-6-11-27-23(28)21(20-10-9-16(3)13-17(20)4)22(24(27)29)26-19-8-5-7-18(25)14-19/h5,7-10,13-15,26H,6,11-12H2,1-4H3. The molecule has 2 aromatic rings. The summed E-state index contributed by atoms with van der Waals surface area (Å²) in [6.45, 7) is 8.47. The van der Waals surface area contributed by atoms with Gasteiger partial charge in [-0.2, -0.15) is 0 Å². The van der Waals surface area contributed by atoms with Crippen LogP contribution in [-0.4, -0.2) is 36.0 Å². The van der Waals surface area contributed by atoms with Gasteiger partial charge in [0.05, 0.1) is 11.7 Å². The highest BCUT2D eigenvalue weighted by atomic mass is 19.1. The van der Waals surface area contributed by atoms with Crippen molar-refractivity contribution >= 4 is 23.1 Å². The highest BCUT2D eigenvalue weighted by Gasteiger charge is 2.39. The van der Waals surface area contributed by atoms with E-state index in [1.54, 1.807) is 12.1 Å². The van der Waals surface area contributed by atoms with E-state index in [0.717, 1.165) is 11.1 Å². The summed E-state index contributed by atoms with van der Waals surface area (Å²) in [6, 6.07) is 11.6. The van der Waals surface area contributed by atoms with Crippen LogP contribution in [-0.2, 0) is 14.3 Å². The van der Waals surface area contributed by atoms with Gasteiger partial charge in [-0.1, -0.05) is 29.8 Å². The van der Waals surface area contributed by atoms with Crippen molar-refractivity contribution < 1.29 is 18.7 Å². The van der Waals surface area contributed by atoms with Gasteiger partial charge >= 0.3 is 0 Å². The maximum atomic E-state index is 13.7. The summed E-state index contributed by atoms with van der Waals surface area (Å²) >= 11 is 0. The molecule has 5 nitrogen and oxygen atoms in total. The molecule has 3 rings (SSSR count). The smallest absolute Gasteiger partial charge is 0.278 e. The number of benzene rings is 2. The van der Waals surface area contributed by atoms with Crippen LogP contribution >= 0.6 is 0 Å². The van der Waals surface area contributed by atoms with Crippen molar-refractivity contribution in [3.63, 3.8) is 0 Å². The third kappa shape index (κ3) is 4.76. The minimum atomic E-state index is -0.423. The molecule has 0 fully saturated rings. The summed E-state index contributed by atoms with van der Waals surface area (Å²) in [5.41, 5.74) is 3.55. The number of carbonyl (C=O) groups is 2. The van der Waals surface area contributed by atoms with Gasteiger partial charge in [-0.15, -0.1) is 0 Å². The van der Waals surface area contributed by atoms with Crippen LogP contribution < -0.4 is 5.32 Å². The average Bonchev–Trinajstić information content (AvgIpc) is 2.89. The Morgan fingerprint density at radius 3 is 2.50 bits per heavy atom. The third-order valence-electron chi connectivity index (χ3n) is 4.89. The van der Waals surface area contributed by atoms with Crippen LogP contribution in [0.1, 0.15) is 37.0 Å². The van der Waals surface area contributed by atoms with E-state index >= 15 is 0 Å². The van der Waals surface area contributed by atoms with Crippen LogP contribution in [0.15, 0.2) is 48.2 Å². The second kappa shape index (κ2) is 9.22. The molecule has 2 aromatic carbocycles. The Balaban J connectivity index is 1.95. The molecule has 0 unspecified atom stereocenters. The summed E-state index contributed by atoms with van der Waals surface area (Å²) in [4.78, 5) is 27.6. The van der Waals surface area contributed by atoms with Crippen LogP contribution in [0.5, 0.6) is 0 Å². The second-order valence-corrected chi connectivity index (χ2v) is 7.74. The van der Waals surface area contributed by atoms with Crippen molar-refractivity contribution in [2.45, 2.75) is 40.2 Å². The molecule has 1 aliphatic rings. The first-order valence-electron chi connectivity index (χ1n) is 10.1. The predicted molar refractivity (Wildman–Crippen MR) is 115 cm³/mol. The largest absolute Gasteiger partial charge is 0.379 e. The van der Waals surface area contributed by atoms with Crippen molar-refractivity contribution in [3.05, 3.63) is 70.7 Å². The number of aryl methyl sites for hydroxylation is 2. The van der Waals surface area contributed by atoms with Crippen molar-refractivity contribution in [1.82, 2.24) is 4.90 Å². The molecule has 1 heterocycles. The zero-order valence-electron chi connectivity index (χ0n) is 17.8. The molecule has 0 aliphatic carbocycles. The van der Waals surface area contributed by atoms with E-state index in [1.165, 1.54) is 17.0 Å². The van der Waals surface area contributed by atoms with Gasteiger partial charge in [0.25, 0.3) is 11.8 Å². The highest BCUT2D eigenvalue weighted by molar-refractivity contribution is 6.36. The van der Waals surface area contributed by atoms with Gasteiger partial charge in [0.1, 0.15) is 11.5 Å². The van der Waals surface area contributed by atoms with E-state index < -0.39 is 11.7 Å². The fourth-order valence-corrected chi connectivity index (χ4v) is 3.49. The fraction of sp³-hybridized carbons (Fsp3) is 0.333. The van der Waals surface area contributed by atoms with E-state index in [4.69, 9.17) is 4.74 Å². The average molecular weight is 410 g/mol. The number of amides is 2. The number of hydrogen-bond donors (Lipinski definition) is 1. The highest BCUT2D eigenvalue weighted by Crippen LogP contribution is 2.32. The maximum absolute atomic E-state index is 13.7. The molecule has 0 saturated carbocycles. The number of rotatable bonds is 8. The van der Waals surface area contributed by atoms with Crippen LogP contribution in [0.4, 0.5) is 10.1 Å². The van der Waals surface area contributed by atoms with E-state index in [9.17, 15) is 14.0 Å². The number of nitrogens with zero attached hydrogens (tertiary/aromatic N) is 1. The molecule has 0 aromatic heterocycles. The number of nitrogens with one attached hydrogen (secondary N) is 1. The lowest BCUT2D eigenvalue weighted by Gasteiger charge is -2.16. The van der Waals surface area contributed by atoms with E-state index in [1.807, 2.05) is 45.9 Å². The molecule has 1 aliphatic heterocycles. The van der Waals surface area contributed by atoms with Gasteiger partial charge in [0.15, 0.2) is 0 Å².